The lowest BCUT2D eigenvalue weighted by Gasteiger charge is -2.22. The Labute approximate surface area is 138 Å². The first-order valence-corrected chi connectivity index (χ1v) is 7.59. The monoisotopic (exact) mass is 337 g/mol. The van der Waals surface area contributed by atoms with Crippen LogP contribution in [0.5, 0.6) is 0 Å². The largest absolute Gasteiger partial charge is 0.329 e. The van der Waals surface area contributed by atoms with Crippen LogP contribution in [-0.4, -0.2) is 31.3 Å². The van der Waals surface area contributed by atoms with Crippen LogP contribution in [-0.2, 0) is 4.79 Å². The second kappa shape index (κ2) is 6.48. The smallest absolute Gasteiger partial charge is 0.248 e. The number of benzene rings is 2. The number of rotatable bonds is 3. The fourth-order valence-electron chi connectivity index (χ4n) is 2.64. The first-order chi connectivity index (χ1) is 11.1. The minimum absolute atomic E-state index is 0.0596. The van der Waals surface area contributed by atoms with Gasteiger partial charge in [0.2, 0.25) is 5.91 Å². The molecular formula is C17H15ClFN3O. The maximum Gasteiger partial charge on any atom is 0.248 e. The average molecular weight is 338 g/mol. The van der Waals surface area contributed by atoms with Crippen LogP contribution in [0, 0.1) is 5.82 Å². The Morgan fingerprint density at radius 2 is 2.00 bits per heavy atom. The average Bonchev–Trinajstić information content (AvgIpc) is 2.66. The third-order valence-corrected chi connectivity index (χ3v) is 3.89. The molecule has 0 unspecified atom stereocenters. The molecule has 23 heavy (non-hydrogen) atoms. The molecule has 6 heteroatoms. The van der Waals surface area contributed by atoms with Crippen LogP contribution in [0.1, 0.15) is 11.1 Å². The van der Waals surface area contributed by atoms with E-state index in [1.54, 1.807) is 41.3 Å². The van der Waals surface area contributed by atoms with Crippen molar-refractivity contribution in [2.75, 3.05) is 24.5 Å². The molecule has 0 radical (unpaired) electrons. The molecule has 1 amide bonds. The van der Waals surface area contributed by atoms with Crippen molar-refractivity contribution in [2.45, 2.75) is 0 Å². The summed E-state index contributed by atoms with van der Waals surface area (Å²) >= 11 is 6.11. The van der Waals surface area contributed by atoms with Gasteiger partial charge in [0.25, 0.3) is 0 Å². The molecular weight excluding hydrogens is 323 g/mol. The summed E-state index contributed by atoms with van der Waals surface area (Å²) in [5, 5.41) is 0.495. The number of hydrogen-bond acceptors (Lipinski definition) is 3. The topological polar surface area (TPSA) is 58.7 Å². The number of benzodiazepines with no additional fused rings is 1. The molecule has 0 spiro atoms. The van der Waals surface area contributed by atoms with E-state index in [9.17, 15) is 9.18 Å². The van der Waals surface area contributed by atoms with Crippen LogP contribution in [0.3, 0.4) is 0 Å². The van der Waals surface area contributed by atoms with Crippen LogP contribution in [0.15, 0.2) is 47.5 Å². The van der Waals surface area contributed by atoms with Gasteiger partial charge in [0.05, 0.1) is 11.4 Å². The second-order valence-corrected chi connectivity index (χ2v) is 5.58. The molecule has 2 aromatic rings. The molecule has 1 aliphatic heterocycles. The summed E-state index contributed by atoms with van der Waals surface area (Å²) in [7, 11) is 0. The molecule has 118 valence electrons. The van der Waals surface area contributed by atoms with Gasteiger partial charge >= 0.3 is 0 Å². The van der Waals surface area contributed by atoms with E-state index in [1.165, 1.54) is 6.07 Å². The van der Waals surface area contributed by atoms with E-state index >= 15 is 0 Å². The highest BCUT2D eigenvalue weighted by molar-refractivity contribution is 6.32. The normalized spacial score (nSPS) is 14.3. The quantitative estimate of drug-likeness (QED) is 0.936. The SMILES string of the molecule is NCCN1C(=O)CN=C(c2ccccc2F)[13c]2[13cH][13c](Cl)[13cH][13cH][13c]21. The van der Waals surface area contributed by atoms with Gasteiger partial charge in [-0.2, -0.15) is 0 Å². The van der Waals surface area contributed by atoms with E-state index in [-0.39, 0.29) is 12.5 Å². The first kappa shape index (κ1) is 15.6. The zero-order valence-electron chi connectivity index (χ0n) is 12.3. The maximum absolute atomic E-state index is 14.2. The molecule has 0 atom stereocenters. The standard InChI is InChI=1S/C17H15ClFN3O/c18-11-5-6-15-13(9-11)17(12-3-1-2-4-14(12)19)21-10-16(23)22(15)8-7-20/h1-6,9H,7-8,10,20H2/i5+1,6+1,9+1,11+1,13+1,15+1. The molecule has 0 saturated heterocycles. The summed E-state index contributed by atoms with van der Waals surface area (Å²) in [6, 6.07) is 11.5. The van der Waals surface area contributed by atoms with E-state index in [1.807, 2.05) is 0 Å². The van der Waals surface area contributed by atoms with Crippen LogP contribution in [0.25, 0.3) is 0 Å². The molecule has 2 N–H and O–H groups in total. The Morgan fingerprint density at radius 1 is 1.22 bits per heavy atom. The Hall–Kier alpha value is -2.24. The van der Waals surface area contributed by atoms with Crippen molar-refractivity contribution >= 4 is 28.9 Å². The minimum atomic E-state index is -0.392. The van der Waals surface area contributed by atoms with Crippen LogP contribution >= 0.6 is 11.6 Å². The van der Waals surface area contributed by atoms with Crippen LogP contribution in [0.2, 0.25) is 5.02 Å². The third-order valence-electron chi connectivity index (χ3n) is 3.66. The highest BCUT2D eigenvalue weighted by atomic mass is 35.5. The zero-order chi connectivity index (χ0) is 16.4. The van der Waals surface area contributed by atoms with Gasteiger partial charge < -0.3 is 10.6 Å². The Kier molecular flexibility index (Phi) is 4.41. The van der Waals surface area contributed by atoms with Gasteiger partial charge in [-0.3, -0.25) is 9.79 Å². The molecule has 4 nitrogen and oxygen atoms in total. The summed E-state index contributed by atoms with van der Waals surface area (Å²) in [4.78, 5) is 18.3. The Bertz CT molecular complexity index is 791. The van der Waals surface area contributed by atoms with Gasteiger partial charge in [-0.15, -0.1) is 0 Å². The number of fused-ring (bicyclic) bond motifs is 1. The molecule has 2 aromatic carbocycles. The van der Waals surface area contributed by atoms with Crippen molar-refractivity contribution in [1.82, 2.24) is 0 Å². The fraction of sp³-hybridized carbons (Fsp3) is 0.176. The number of hydrogen-bond donors (Lipinski definition) is 1. The second-order valence-electron chi connectivity index (χ2n) is 5.14. The number of anilines is 1. The zero-order valence-corrected chi connectivity index (χ0v) is 13.1. The van der Waals surface area contributed by atoms with Crippen LogP contribution in [0.4, 0.5) is 10.1 Å². The highest BCUT2D eigenvalue weighted by Crippen LogP contribution is 2.30. The minimum Gasteiger partial charge on any atom is -0.329 e. The van der Waals surface area contributed by atoms with Crippen molar-refractivity contribution in [2.24, 2.45) is 10.7 Å². The number of amides is 1. The highest BCUT2D eigenvalue weighted by Gasteiger charge is 2.25. The Morgan fingerprint density at radius 3 is 2.74 bits per heavy atom. The van der Waals surface area contributed by atoms with Crippen molar-refractivity contribution in [1.29, 1.82) is 0 Å². The summed E-state index contributed by atoms with van der Waals surface area (Å²) in [6.45, 7) is 0.631. The molecule has 0 bridgehead atoms. The number of carbonyl (C=O) groups is 1. The van der Waals surface area contributed by atoms with Crippen molar-refractivity contribution in [3.63, 3.8) is 0 Å². The molecule has 1 heterocycles. The Balaban J connectivity index is 2.22. The van der Waals surface area contributed by atoms with Gasteiger partial charge in [-0.25, -0.2) is 4.39 Å². The molecule has 0 saturated carbocycles. The lowest BCUT2D eigenvalue weighted by atomic mass is 10.1. The number of nitrogens with two attached hydrogens (primary N) is 1. The lowest BCUT2D eigenvalue weighted by molar-refractivity contribution is -0.117. The van der Waals surface area contributed by atoms with Crippen molar-refractivity contribution in [3.05, 3.63) is 64.4 Å². The summed E-state index contributed by atoms with van der Waals surface area (Å²) in [6.07, 6.45) is 0. The maximum atomic E-state index is 14.2. The van der Waals surface area contributed by atoms with Gasteiger partial charge in [-0.1, -0.05) is 23.7 Å². The number of halogens is 2. The van der Waals surface area contributed by atoms with Crippen molar-refractivity contribution in [3.8, 4) is 0 Å². The first-order valence-electron chi connectivity index (χ1n) is 7.21. The van der Waals surface area contributed by atoms with Crippen molar-refractivity contribution < 1.29 is 9.18 Å². The molecule has 0 aliphatic carbocycles. The lowest BCUT2D eigenvalue weighted by Crippen LogP contribution is -2.36. The third kappa shape index (κ3) is 2.98. The van der Waals surface area contributed by atoms with Gasteiger partial charge in [0.1, 0.15) is 12.4 Å². The summed E-state index contributed by atoms with van der Waals surface area (Å²) in [5.74, 6) is -0.567. The number of carbonyl (C=O) groups excluding carboxylic acids is 1. The van der Waals surface area contributed by atoms with Gasteiger partial charge in [0.15, 0.2) is 0 Å². The fourth-order valence-corrected chi connectivity index (χ4v) is 2.81. The predicted molar refractivity (Wildman–Crippen MR) is 89.8 cm³/mol. The van der Waals surface area contributed by atoms with E-state index in [4.69, 9.17) is 17.3 Å². The molecule has 1 aliphatic rings. The van der Waals surface area contributed by atoms with E-state index in [0.717, 1.165) is 0 Å². The van der Waals surface area contributed by atoms with Crippen LogP contribution < -0.4 is 10.6 Å². The molecule has 0 fully saturated rings. The summed E-state index contributed by atoms with van der Waals surface area (Å²) in [5.41, 5.74) is 7.65. The van der Waals surface area contributed by atoms with E-state index in [2.05, 4.69) is 4.99 Å². The molecule has 3 rings (SSSR count). The van der Waals surface area contributed by atoms with Gasteiger partial charge in [-0.05, 0) is 30.3 Å². The van der Waals surface area contributed by atoms with E-state index in [0.29, 0.717) is 40.6 Å². The number of aliphatic imine (C=N–C) groups is 1. The summed E-state index contributed by atoms with van der Waals surface area (Å²) < 4.78 is 14.2. The van der Waals surface area contributed by atoms with Gasteiger partial charge in [0, 0.05) is 29.2 Å². The number of nitrogens with zero attached hydrogens (tertiary/aromatic N) is 2. The molecule has 0 aromatic heterocycles. The predicted octanol–water partition coefficient (Wildman–Crippen LogP) is 2.62. The van der Waals surface area contributed by atoms with E-state index < -0.39 is 5.82 Å².